The lowest BCUT2D eigenvalue weighted by Crippen LogP contribution is -2.42. The second kappa shape index (κ2) is 8.41. The van der Waals surface area contributed by atoms with E-state index in [0.717, 1.165) is 13.9 Å². The van der Waals surface area contributed by atoms with Crippen molar-refractivity contribution in [3.8, 4) is 0 Å². The summed E-state index contributed by atoms with van der Waals surface area (Å²) in [4.78, 5) is 0. The molecule has 4 atom stereocenters. The summed E-state index contributed by atoms with van der Waals surface area (Å²) in [7, 11) is 0.719. The van der Waals surface area contributed by atoms with E-state index in [1.165, 1.54) is 12.8 Å². The summed E-state index contributed by atoms with van der Waals surface area (Å²) in [6.45, 7) is 29.5. The Hall–Kier alpha value is 0.00987. The first-order chi connectivity index (χ1) is 13.3. The van der Waals surface area contributed by atoms with Crippen LogP contribution in [-0.2, 0) is 14.0 Å². The zero-order chi connectivity index (χ0) is 23.3. The Bertz CT molecular complexity index is 570. The van der Waals surface area contributed by atoms with Gasteiger partial charge in [0.25, 0.3) is 7.48 Å². The summed E-state index contributed by atoms with van der Waals surface area (Å²) in [6, 6.07) is 0. The molecule has 0 aromatic rings. The van der Waals surface area contributed by atoms with Gasteiger partial charge in [0.05, 0.1) is 16.8 Å². The highest BCUT2D eigenvalue weighted by Gasteiger charge is 2.55. The first-order valence-corrected chi connectivity index (χ1v) is 12.3. The minimum atomic E-state index is -0.263. The smallest absolute Gasteiger partial charge is 0.434 e. The Morgan fingerprint density at radius 1 is 0.867 bits per heavy atom. The second-order valence-corrected chi connectivity index (χ2v) is 13.9. The maximum absolute atomic E-state index is 6.56. The van der Waals surface area contributed by atoms with Gasteiger partial charge in [0.2, 0.25) is 0 Å². The van der Waals surface area contributed by atoms with Gasteiger partial charge in [0.1, 0.15) is 0 Å². The fourth-order valence-electron chi connectivity index (χ4n) is 4.63. The second-order valence-electron chi connectivity index (χ2n) is 13.9. The Morgan fingerprint density at radius 2 is 1.37 bits per heavy atom. The molecule has 0 amide bonds. The highest BCUT2D eigenvalue weighted by molar-refractivity contribution is 6.47. The fraction of sp³-hybridized carbons (Fsp3) is 1.00. The molecule has 1 aliphatic heterocycles. The topological polar surface area (TPSA) is 27.7 Å². The predicted octanol–water partition coefficient (Wildman–Crippen LogP) is 6.91. The quantitative estimate of drug-likeness (QED) is 0.452. The van der Waals surface area contributed by atoms with Crippen molar-refractivity contribution < 1.29 is 14.0 Å². The molecule has 174 valence electrons. The molecule has 0 N–H and O–H groups in total. The van der Waals surface area contributed by atoms with E-state index in [0.29, 0.717) is 28.9 Å². The standard InChI is InChI=1S/C25H50B2O3/c1-17(21(2,3)4)18-14-19(26-28-23(8,9)22(5,6)7)16-20(15-18)27-29-24(10,11)25(12,13)30-27/h17-20,26H,14-16H2,1-13H3/t17?,18-,19+,20?/m0/s1. The Labute approximate surface area is 189 Å². The van der Waals surface area contributed by atoms with Gasteiger partial charge in [0, 0.05) is 0 Å². The van der Waals surface area contributed by atoms with Crippen LogP contribution in [0, 0.1) is 22.7 Å². The van der Waals surface area contributed by atoms with E-state index >= 15 is 0 Å². The molecule has 2 fully saturated rings. The van der Waals surface area contributed by atoms with E-state index in [1.54, 1.807) is 0 Å². The van der Waals surface area contributed by atoms with Crippen LogP contribution in [0.2, 0.25) is 11.6 Å². The molecule has 2 aliphatic rings. The van der Waals surface area contributed by atoms with Gasteiger partial charge in [-0.15, -0.1) is 0 Å². The molecule has 1 saturated carbocycles. The Balaban J connectivity index is 2.18. The van der Waals surface area contributed by atoms with Crippen LogP contribution in [0.3, 0.4) is 0 Å². The average molecular weight is 420 g/mol. The van der Waals surface area contributed by atoms with Gasteiger partial charge >= 0.3 is 7.12 Å². The largest absolute Gasteiger partial charge is 0.461 e. The van der Waals surface area contributed by atoms with Crippen LogP contribution >= 0.6 is 0 Å². The van der Waals surface area contributed by atoms with Crippen molar-refractivity contribution in [3.63, 3.8) is 0 Å². The Morgan fingerprint density at radius 3 is 1.80 bits per heavy atom. The first kappa shape index (κ1) is 26.3. The van der Waals surface area contributed by atoms with Crippen LogP contribution in [-0.4, -0.2) is 31.4 Å². The molecular weight excluding hydrogens is 370 g/mol. The van der Waals surface area contributed by atoms with Crippen molar-refractivity contribution in [2.45, 2.75) is 138 Å². The van der Waals surface area contributed by atoms with Crippen LogP contribution in [0.25, 0.3) is 0 Å². The van der Waals surface area contributed by atoms with E-state index in [1.807, 2.05) is 0 Å². The third kappa shape index (κ3) is 5.67. The fourth-order valence-corrected chi connectivity index (χ4v) is 4.63. The molecule has 0 spiro atoms. The van der Waals surface area contributed by atoms with Gasteiger partial charge in [-0.3, -0.25) is 0 Å². The SMILES string of the molecule is CC([C@@H]1CC(B2OC(C)(C)C(C)(C)O2)C[C@H](BOC(C)(C)C(C)(C)C)C1)C(C)(C)C. The first-order valence-electron chi connectivity index (χ1n) is 12.3. The zero-order valence-electron chi connectivity index (χ0n) is 22.4. The lowest BCUT2D eigenvalue weighted by Gasteiger charge is -2.44. The maximum Gasteiger partial charge on any atom is 0.461 e. The summed E-state index contributed by atoms with van der Waals surface area (Å²) in [6.07, 6.45) is 3.56. The van der Waals surface area contributed by atoms with E-state index in [4.69, 9.17) is 14.0 Å². The summed E-state index contributed by atoms with van der Waals surface area (Å²) < 4.78 is 19.6. The molecule has 0 aromatic heterocycles. The number of hydrogen-bond acceptors (Lipinski definition) is 3. The van der Waals surface area contributed by atoms with Crippen LogP contribution < -0.4 is 0 Å². The maximum atomic E-state index is 6.56. The molecule has 0 radical (unpaired) electrons. The van der Waals surface area contributed by atoms with Crippen LogP contribution in [0.15, 0.2) is 0 Å². The Kier molecular flexibility index (Phi) is 7.37. The van der Waals surface area contributed by atoms with Gasteiger partial charge in [-0.1, -0.05) is 61.3 Å². The molecular formula is C25H50B2O3. The molecule has 0 aromatic carbocycles. The summed E-state index contributed by atoms with van der Waals surface area (Å²) >= 11 is 0. The minimum absolute atomic E-state index is 0.108. The van der Waals surface area contributed by atoms with Gasteiger partial charge < -0.3 is 14.0 Å². The molecule has 1 heterocycles. The van der Waals surface area contributed by atoms with E-state index < -0.39 is 0 Å². The third-order valence-corrected chi connectivity index (χ3v) is 9.09. The van der Waals surface area contributed by atoms with Crippen molar-refractivity contribution in [3.05, 3.63) is 0 Å². The summed E-state index contributed by atoms with van der Waals surface area (Å²) in [5.74, 6) is 2.31. The lowest BCUT2D eigenvalue weighted by molar-refractivity contribution is -0.000173. The van der Waals surface area contributed by atoms with E-state index in [2.05, 4.69) is 90.0 Å². The normalized spacial score (nSPS) is 31.0. The lowest BCUT2D eigenvalue weighted by atomic mass is 9.51. The van der Waals surface area contributed by atoms with Crippen molar-refractivity contribution in [2.75, 3.05) is 0 Å². The van der Waals surface area contributed by atoms with Gasteiger partial charge in [0.15, 0.2) is 0 Å². The molecule has 0 bridgehead atoms. The third-order valence-electron chi connectivity index (χ3n) is 9.09. The molecule has 2 unspecified atom stereocenters. The van der Waals surface area contributed by atoms with Crippen molar-refractivity contribution in [1.29, 1.82) is 0 Å². The van der Waals surface area contributed by atoms with Crippen LogP contribution in [0.5, 0.6) is 0 Å². The van der Waals surface area contributed by atoms with Gasteiger partial charge in [-0.05, 0) is 82.3 Å². The highest BCUT2D eigenvalue weighted by atomic mass is 16.7. The van der Waals surface area contributed by atoms with E-state index in [-0.39, 0.29) is 29.3 Å². The zero-order valence-corrected chi connectivity index (χ0v) is 22.4. The van der Waals surface area contributed by atoms with Crippen molar-refractivity contribution >= 4 is 14.6 Å². The minimum Gasteiger partial charge on any atom is -0.434 e. The average Bonchev–Trinajstić information content (AvgIpc) is 2.78. The molecule has 5 heteroatoms. The van der Waals surface area contributed by atoms with Crippen molar-refractivity contribution in [1.82, 2.24) is 0 Å². The van der Waals surface area contributed by atoms with Gasteiger partial charge in [-0.25, -0.2) is 0 Å². The predicted molar refractivity (Wildman–Crippen MR) is 131 cm³/mol. The highest BCUT2D eigenvalue weighted by Crippen LogP contribution is 2.51. The van der Waals surface area contributed by atoms with Gasteiger partial charge in [-0.2, -0.15) is 0 Å². The van der Waals surface area contributed by atoms with E-state index in [9.17, 15) is 0 Å². The van der Waals surface area contributed by atoms with Crippen LogP contribution in [0.4, 0.5) is 0 Å². The number of rotatable bonds is 5. The van der Waals surface area contributed by atoms with Crippen LogP contribution in [0.1, 0.15) is 109 Å². The molecule has 1 aliphatic carbocycles. The monoisotopic (exact) mass is 420 g/mol. The summed E-state index contributed by atoms with van der Waals surface area (Å²) in [5.41, 5.74) is -0.250. The van der Waals surface area contributed by atoms with Crippen molar-refractivity contribution in [2.24, 2.45) is 22.7 Å². The molecule has 3 nitrogen and oxygen atoms in total. The molecule has 30 heavy (non-hydrogen) atoms. The molecule has 1 saturated heterocycles. The number of hydrogen-bond donors (Lipinski definition) is 0. The summed E-state index contributed by atoms with van der Waals surface area (Å²) in [5, 5.41) is 0. The molecule has 2 rings (SSSR count).